The Morgan fingerprint density at radius 3 is 2.69 bits per heavy atom. The van der Waals surface area contributed by atoms with E-state index in [9.17, 15) is 4.79 Å². The summed E-state index contributed by atoms with van der Waals surface area (Å²) in [5.74, 6) is 0.852. The number of carbonyl (C=O) groups is 1. The van der Waals surface area contributed by atoms with Crippen molar-refractivity contribution in [2.24, 2.45) is 0 Å². The van der Waals surface area contributed by atoms with Crippen LogP contribution in [0.4, 0.5) is 10.5 Å². The summed E-state index contributed by atoms with van der Waals surface area (Å²) in [4.78, 5) is 13.1. The molecule has 0 radical (unpaired) electrons. The summed E-state index contributed by atoms with van der Waals surface area (Å²) in [6.45, 7) is 4.24. The smallest absolute Gasteiger partial charge is 0.321 e. The van der Waals surface area contributed by atoms with Gasteiger partial charge in [0.25, 0.3) is 0 Å². The highest BCUT2D eigenvalue weighted by molar-refractivity contribution is 5.94. The zero-order valence-electron chi connectivity index (χ0n) is 9.40. The molecule has 2 amide bonds. The SMILES string of the molecule is CCCOc1ccc(N2CCNC2=O)cc1. The van der Waals surface area contributed by atoms with E-state index >= 15 is 0 Å². The van der Waals surface area contributed by atoms with E-state index in [2.05, 4.69) is 12.2 Å². The molecule has 0 unspecified atom stereocenters. The second-order valence-electron chi connectivity index (χ2n) is 3.73. The highest BCUT2D eigenvalue weighted by Crippen LogP contribution is 2.20. The van der Waals surface area contributed by atoms with Gasteiger partial charge in [-0.2, -0.15) is 0 Å². The molecule has 0 aromatic heterocycles. The lowest BCUT2D eigenvalue weighted by Gasteiger charge is -2.14. The van der Waals surface area contributed by atoms with Gasteiger partial charge in [0.05, 0.1) is 6.61 Å². The Balaban J connectivity index is 2.04. The predicted octanol–water partition coefficient (Wildman–Crippen LogP) is 2.00. The number of nitrogens with one attached hydrogen (secondary N) is 1. The number of rotatable bonds is 4. The molecule has 1 aliphatic heterocycles. The fourth-order valence-electron chi connectivity index (χ4n) is 1.66. The second-order valence-corrected chi connectivity index (χ2v) is 3.73. The van der Waals surface area contributed by atoms with Gasteiger partial charge in [0.15, 0.2) is 0 Å². The molecule has 16 heavy (non-hydrogen) atoms. The van der Waals surface area contributed by atoms with Crippen LogP contribution in [0.5, 0.6) is 5.75 Å². The third-order valence-electron chi connectivity index (χ3n) is 2.48. The van der Waals surface area contributed by atoms with Gasteiger partial charge in [-0.1, -0.05) is 6.92 Å². The molecule has 1 heterocycles. The van der Waals surface area contributed by atoms with Crippen molar-refractivity contribution in [2.45, 2.75) is 13.3 Å². The maximum Gasteiger partial charge on any atom is 0.321 e. The predicted molar refractivity (Wildman–Crippen MR) is 63.0 cm³/mol. The van der Waals surface area contributed by atoms with Gasteiger partial charge in [0.2, 0.25) is 0 Å². The van der Waals surface area contributed by atoms with Gasteiger partial charge >= 0.3 is 6.03 Å². The fourth-order valence-corrected chi connectivity index (χ4v) is 1.66. The molecule has 0 saturated carbocycles. The number of amides is 2. The highest BCUT2D eigenvalue weighted by atomic mass is 16.5. The third-order valence-corrected chi connectivity index (χ3v) is 2.48. The molecular formula is C12H16N2O2. The van der Waals surface area contributed by atoms with Crippen LogP contribution in [0.2, 0.25) is 0 Å². The zero-order chi connectivity index (χ0) is 11.4. The molecule has 0 atom stereocenters. The quantitative estimate of drug-likeness (QED) is 0.843. The first-order valence-electron chi connectivity index (χ1n) is 5.59. The monoisotopic (exact) mass is 220 g/mol. The molecule has 86 valence electrons. The van der Waals surface area contributed by atoms with Crippen molar-refractivity contribution in [3.63, 3.8) is 0 Å². The van der Waals surface area contributed by atoms with Crippen molar-refractivity contribution in [1.29, 1.82) is 0 Å². The van der Waals surface area contributed by atoms with Crippen LogP contribution in [0.25, 0.3) is 0 Å². The molecular weight excluding hydrogens is 204 g/mol. The van der Waals surface area contributed by atoms with E-state index in [1.54, 1.807) is 4.90 Å². The van der Waals surface area contributed by atoms with Crippen molar-refractivity contribution < 1.29 is 9.53 Å². The second kappa shape index (κ2) is 4.88. The number of urea groups is 1. The fraction of sp³-hybridized carbons (Fsp3) is 0.417. The number of anilines is 1. The minimum absolute atomic E-state index is 0.0257. The minimum atomic E-state index is -0.0257. The van der Waals surface area contributed by atoms with Crippen LogP contribution >= 0.6 is 0 Å². The van der Waals surface area contributed by atoms with E-state index in [1.807, 2.05) is 24.3 Å². The first kappa shape index (κ1) is 10.8. The number of hydrogen-bond donors (Lipinski definition) is 1. The summed E-state index contributed by atoms with van der Waals surface area (Å²) in [5.41, 5.74) is 0.916. The zero-order valence-corrected chi connectivity index (χ0v) is 9.40. The summed E-state index contributed by atoms with van der Waals surface area (Å²) >= 11 is 0. The number of hydrogen-bond acceptors (Lipinski definition) is 2. The summed E-state index contributed by atoms with van der Waals surface area (Å²) in [6.07, 6.45) is 0.996. The lowest BCUT2D eigenvalue weighted by molar-refractivity contribution is 0.252. The van der Waals surface area contributed by atoms with Crippen molar-refractivity contribution in [3.8, 4) is 5.75 Å². The average molecular weight is 220 g/mol. The minimum Gasteiger partial charge on any atom is -0.494 e. The molecule has 2 rings (SSSR count). The van der Waals surface area contributed by atoms with E-state index in [1.165, 1.54) is 0 Å². The van der Waals surface area contributed by atoms with Crippen LogP contribution in [0.15, 0.2) is 24.3 Å². The Morgan fingerprint density at radius 2 is 2.12 bits per heavy atom. The van der Waals surface area contributed by atoms with Gasteiger partial charge in [0, 0.05) is 18.8 Å². The maximum absolute atomic E-state index is 11.4. The molecule has 1 aromatic carbocycles. The third kappa shape index (κ3) is 2.27. The molecule has 4 heteroatoms. The topological polar surface area (TPSA) is 41.6 Å². The number of nitrogens with zero attached hydrogens (tertiary/aromatic N) is 1. The van der Waals surface area contributed by atoms with E-state index in [4.69, 9.17) is 4.74 Å². The summed E-state index contributed by atoms with van der Waals surface area (Å²) in [6, 6.07) is 7.60. The Kier molecular flexibility index (Phi) is 3.29. The average Bonchev–Trinajstić information content (AvgIpc) is 2.74. The van der Waals surface area contributed by atoms with Crippen molar-refractivity contribution in [1.82, 2.24) is 5.32 Å². The van der Waals surface area contributed by atoms with Gasteiger partial charge in [0.1, 0.15) is 5.75 Å². The molecule has 1 N–H and O–H groups in total. The Hall–Kier alpha value is -1.71. The molecule has 0 aliphatic carbocycles. The lowest BCUT2D eigenvalue weighted by Crippen LogP contribution is -2.27. The Morgan fingerprint density at radius 1 is 1.38 bits per heavy atom. The van der Waals surface area contributed by atoms with Gasteiger partial charge in [-0.15, -0.1) is 0 Å². The van der Waals surface area contributed by atoms with Crippen molar-refractivity contribution in [3.05, 3.63) is 24.3 Å². The van der Waals surface area contributed by atoms with Gasteiger partial charge < -0.3 is 10.1 Å². The van der Waals surface area contributed by atoms with Crippen molar-refractivity contribution >= 4 is 11.7 Å². The van der Waals surface area contributed by atoms with E-state index < -0.39 is 0 Å². The van der Waals surface area contributed by atoms with Crippen LogP contribution in [0.3, 0.4) is 0 Å². The number of carbonyl (C=O) groups excluding carboxylic acids is 1. The molecule has 0 bridgehead atoms. The normalized spacial score (nSPS) is 15.1. The number of ether oxygens (including phenoxy) is 1. The summed E-state index contributed by atoms with van der Waals surface area (Å²) in [5, 5.41) is 2.77. The molecule has 1 fully saturated rings. The van der Waals surface area contributed by atoms with Crippen LogP contribution in [-0.2, 0) is 0 Å². The Labute approximate surface area is 95.2 Å². The molecule has 1 saturated heterocycles. The van der Waals surface area contributed by atoms with E-state index in [0.717, 1.165) is 31.0 Å². The van der Waals surface area contributed by atoms with Crippen molar-refractivity contribution in [2.75, 3.05) is 24.6 Å². The van der Waals surface area contributed by atoms with Gasteiger partial charge in [-0.05, 0) is 30.7 Å². The van der Waals surface area contributed by atoms with Crippen LogP contribution in [0.1, 0.15) is 13.3 Å². The van der Waals surface area contributed by atoms with Crippen LogP contribution in [0, 0.1) is 0 Å². The van der Waals surface area contributed by atoms with E-state index in [0.29, 0.717) is 6.54 Å². The summed E-state index contributed by atoms with van der Waals surface area (Å²) < 4.78 is 5.48. The molecule has 1 aliphatic rings. The van der Waals surface area contributed by atoms with Crippen LogP contribution < -0.4 is 15.0 Å². The van der Waals surface area contributed by atoms with Gasteiger partial charge in [-0.3, -0.25) is 4.90 Å². The van der Waals surface area contributed by atoms with E-state index in [-0.39, 0.29) is 6.03 Å². The highest BCUT2D eigenvalue weighted by Gasteiger charge is 2.20. The first-order valence-corrected chi connectivity index (χ1v) is 5.59. The van der Waals surface area contributed by atoms with Crippen LogP contribution in [-0.4, -0.2) is 25.7 Å². The largest absolute Gasteiger partial charge is 0.494 e. The molecule has 4 nitrogen and oxygen atoms in total. The maximum atomic E-state index is 11.4. The van der Waals surface area contributed by atoms with Gasteiger partial charge in [-0.25, -0.2) is 4.79 Å². The molecule has 0 spiro atoms. The summed E-state index contributed by atoms with van der Waals surface area (Å²) in [7, 11) is 0. The standard InChI is InChI=1S/C12H16N2O2/c1-2-9-16-11-5-3-10(4-6-11)14-8-7-13-12(14)15/h3-6H,2,7-9H2,1H3,(H,13,15). The first-order chi connectivity index (χ1) is 7.81. The Bertz CT molecular complexity index is 362. The number of benzene rings is 1. The molecule has 1 aromatic rings. The lowest BCUT2D eigenvalue weighted by atomic mass is 10.3.